The molecule has 1 aromatic heterocycles. The topological polar surface area (TPSA) is 53.2 Å². The van der Waals surface area contributed by atoms with Gasteiger partial charge in [0.05, 0.1) is 4.47 Å². The molecule has 1 unspecified atom stereocenters. The molecule has 2 rings (SSSR count). The van der Waals surface area contributed by atoms with Gasteiger partial charge in [0, 0.05) is 36.0 Å². The molecule has 1 aliphatic rings. The number of halogens is 1. The fourth-order valence-electron chi connectivity index (χ4n) is 2.08. The van der Waals surface area contributed by atoms with Crippen molar-refractivity contribution in [3.05, 3.63) is 32.2 Å². The molecule has 4 nitrogen and oxygen atoms in total. The van der Waals surface area contributed by atoms with Crippen molar-refractivity contribution in [1.82, 2.24) is 9.88 Å². The average Bonchev–Trinajstić information content (AvgIpc) is 2.44. The van der Waals surface area contributed by atoms with Crippen LogP contribution in [0.1, 0.15) is 29.4 Å². The molecule has 2 heterocycles. The van der Waals surface area contributed by atoms with Crippen LogP contribution >= 0.6 is 27.7 Å². The number of pyridine rings is 1. The molecule has 19 heavy (non-hydrogen) atoms. The van der Waals surface area contributed by atoms with Gasteiger partial charge in [0.1, 0.15) is 5.56 Å². The summed E-state index contributed by atoms with van der Waals surface area (Å²) < 4.78 is 0.441. The second-order valence-electron chi connectivity index (χ2n) is 4.62. The molecule has 1 amide bonds. The summed E-state index contributed by atoms with van der Waals surface area (Å²) in [5.74, 6) is 0.774. The van der Waals surface area contributed by atoms with Crippen molar-refractivity contribution in [1.29, 1.82) is 0 Å². The molecule has 1 aromatic rings. The zero-order valence-electron chi connectivity index (χ0n) is 11.0. The second kappa shape index (κ2) is 6.13. The number of carbonyl (C=O) groups is 1. The Kier molecular flexibility index (Phi) is 4.73. The van der Waals surface area contributed by atoms with E-state index in [1.165, 1.54) is 6.20 Å². The molecule has 1 aliphatic heterocycles. The van der Waals surface area contributed by atoms with Gasteiger partial charge in [-0.1, -0.05) is 6.92 Å². The number of H-pyrrole nitrogens is 1. The van der Waals surface area contributed by atoms with E-state index < -0.39 is 0 Å². The maximum atomic E-state index is 12.4. The first-order valence-electron chi connectivity index (χ1n) is 6.33. The Morgan fingerprint density at radius 2 is 2.37 bits per heavy atom. The van der Waals surface area contributed by atoms with Gasteiger partial charge in [-0.15, -0.1) is 0 Å². The highest BCUT2D eigenvalue weighted by Gasteiger charge is 2.26. The number of thioether (sulfide) groups is 1. The van der Waals surface area contributed by atoms with Crippen LogP contribution in [-0.4, -0.2) is 39.9 Å². The maximum absolute atomic E-state index is 12.4. The predicted molar refractivity (Wildman–Crippen MR) is 81.9 cm³/mol. The molecule has 1 atom stereocenters. The van der Waals surface area contributed by atoms with E-state index in [1.54, 1.807) is 11.8 Å². The summed E-state index contributed by atoms with van der Waals surface area (Å²) in [4.78, 5) is 29.3. The number of carbonyl (C=O) groups excluding carboxylic acids is 1. The van der Waals surface area contributed by atoms with E-state index in [2.05, 4.69) is 27.8 Å². The minimum atomic E-state index is -0.229. The summed E-state index contributed by atoms with van der Waals surface area (Å²) in [5, 5.41) is 0.477. The van der Waals surface area contributed by atoms with Crippen molar-refractivity contribution >= 4 is 33.6 Å². The molecular weight excluding hydrogens is 328 g/mol. The quantitative estimate of drug-likeness (QED) is 0.896. The number of hydrogen-bond donors (Lipinski definition) is 1. The van der Waals surface area contributed by atoms with Gasteiger partial charge in [0.25, 0.3) is 5.91 Å². The van der Waals surface area contributed by atoms with Gasteiger partial charge in [-0.25, -0.2) is 0 Å². The van der Waals surface area contributed by atoms with Crippen LogP contribution in [0.2, 0.25) is 0 Å². The van der Waals surface area contributed by atoms with Gasteiger partial charge in [0.2, 0.25) is 5.43 Å². The number of nitrogens with zero attached hydrogens (tertiary/aromatic N) is 1. The minimum Gasteiger partial charge on any atom is -0.363 e. The molecule has 1 saturated heterocycles. The Bertz CT molecular complexity index is 544. The Balaban J connectivity index is 2.25. The summed E-state index contributed by atoms with van der Waals surface area (Å²) in [6, 6.07) is 0. The van der Waals surface area contributed by atoms with Crippen molar-refractivity contribution in [3.8, 4) is 0 Å². The number of aromatic nitrogens is 1. The van der Waals surface area contributed by atoms with Gasteiger partial charge < -0.3 is 9.88 Å². The van der Waals surface area contributed by atoms with Crippen molar-refractivity contribution in [3.63, 3.8) is 0 Å². The Morgan fingerprint density at radius 3 is 3.05 bits per heavy atom. The van der Waals surface area contributed by atoms with E-state index in [9.17, 15) is 9.59 Å². The highest BCUT2D eigenvalue weighted by atomic mass is 79.9. The highest BCUT2D eigenvalue weighted by Crippen LogP contribution is 2.22. The third kappa shape index (κ3) is 3.05. The fraction of sp³-hybridized carbons (Fsp3) is 0.538. The van der Waals surface area contributed by atoms with E-state index in [0.717, 1.165) is 24.4 Å². The third-order valence-electron chi connectivity index (χ3n) is 3.32. The standard InChI is InChI=1S/C13H17BrN2O2S/c1-3-9-7-16(4-5-19-9)13(18)10-6-15-8(2)11(14)12(10)17/h6,9H,3-5,7H2,1-2H3,(H,15,17). The summed E-state index contributed by atoms with van der Waals surface area (Å²) >= 11 is 5.13. The van der Waals surface area contributed by atoms with Crippen molar-refractivity contribution in [2.75, 3.05) is 18.8 Å². The van der Waals surface area contributed by atoms with Crippen molar-refractivity contribution in [2.24, 2.45) is 0 Å². The van der Waals surface area contributed by atoms with Crippen LogP contribution in [0.4, 0.5) is 0 Å². The SMILES string of the molecule is CCC1CN(C(=O)c2c[nH]c(C)c(Br)c2=O)CCS1. The smallest absolute Gasteiger partial charge is 0.259 e. The lowest BCUT2D eigenvalue weighted by Gasteiger charge is -2.31. The number of aryl methyl sites for hydroxylation is 1. The molecule has 1 fully saturated rings. The number of nitrogens with one attached hydrogen (secondary N) is 1. The molecule has 1 N–H and O–H groups in total. The molecule has 0 radical (unpaired) electrons. The lowest BCUT2D eigenvalue weighted by atomic mass is 10.2. The summed E-state index contributed by atoms with van der Waals surface area (Å²) in [7, 11) is 0. The van der Waals surface area contributed by atoms with Gasteiger partial charge >= 0.3 is 0 Å². The summed E-state index contributed by atoms with van der Waals surface area (Å²) in [5.41, 5.74) is 0.730. The van der Waals surface area contributed by atoms with Gasteiger partial charge in [-0.3, -0.25) is 9.59 Å². The third-order valence-corrected chi connectivity index (χ3v) is 5.64. The zero-order chi connectivity index (χ0) is 14.0. The summed E-state index contributed by atoms with van der Waals surface area (Å²) in [6.45, 7) is 5.36. The van der Waals surface area contributed by atoms with Crippen molar-refractivity contribution in [2.45, 2.75) is 25.5 Å². The van der Waals surface area contributed by atoms with Crippen LogP contribution in [0.5, 0.6) is 0 Å². The maximum Gasteiger partial charge on any atom is 0.259 e. The van der Waals surface area contributed by atoms with Crippen LogP contribution in [0, 0.1) is 6.92 Å². The van der Waals surface area contributed by atoms with Crippen LogP contribution in [0.3, 0.4) is 0 Å². The monoisotopic (exact) mass is 344 g/mol. The van der Waals surface area contributed by atoms with E-state index in [-0.39, 0.29) is 16.9 Å². The Hall–Kier alpha value is -0.750. The van der Waals surface area contributed by atoms with E-state index >= 15 is 0 Å². The van der Waals surface area contributed by atoms with Crippen molar-refractivity contribution < 1.29 is 4.79 Å². The molecule has 0 bridgehead atoms. The number of hydrogen-bond acceptors (Lipinski definition) is 3. The molecule has 6 heteroatoms. The first kappa shape index (κ1) is 14.7. The predicted octanol–water partition coefficient (Wildman–Crippen LogP) is 2.41. The van der Waals surface area contributed by atoms with E-state index in [0.29, 0.717) is 16.3 Å². The van der Waals surface area contributed by atoms with E-state index in [4.69, 9.17) is 0 Å². The molecular formula is C13H17BrN2O2S. The van der Waals surface area contributed by atoms with Gasteiger partial charge in [-0.05, 0) is 29.3 Å². The Morgan fingerprint density at radius 1 is 1.63 bits per heavy atom. The van der Waals surface area contributed by atoms with Crippen LogP contribution in [0.15, 0.2) is 15.5 Å². The number of aromatic amines is 1. The Labute approximate surface area is 125 Å². The van der Waals surface area contributed by atoms with Crippen LogP contribution in [-0.2, 0) is 0 Å². The second-order valence-corrected chi connectivity index (χ2v) is 6.82. The first-order valence-corrected chi connectivity index (χ1v) is 8.17. The van der Waals surface area contributed by atoms with E-state index in [1.807, 2.05) is 11.8 Å². The lowest BCUT2D eigenvalue weighted by Crippen LogP contribution is -2.43. The molecule has 104 valence electrons. The number of amides is 1. The largest absolute Gasteiger partial charge is 0.363 e. The normalized spacial score (nSPS) is 19.5. The fourth-order valence-corrected chi connectivity index (χ4v) is 3.59. The first-order chi connectivity index (χ1) is 9.04. The van der Waals surface area contributed by atoms with Gasteiger partial charge in [0.15, 0.2) is 0 Å². The lowest BCUT2D eigenvalue weighted by molar-refractivity contribution is 0.0759. The zero-order valence-corrected chi connectivity index (χ0v) is 13.4. The molecule has 0 spiro atoms. The molecule has 0 aromatic carbocycles. The highest BCUT2D eigenvalue weighted by molar-refractivity contribution is 9.10. The number of rotatable bonds is 2. The van der Waals surface area contributed by atoms with Crippen LogP contribution in [0.25, 0.3) is 0 Å². The molecule has 0 aliphatic carbocycles. The minimum absolute atomic E-state index is 0.166. The van der Waals surface area contributed by atoms with Gasteiger partial charge in [-0.2, -0.15) is 11.8 Å². The molecule has 0 saturated carbocycles. The average molecular weight is 345 g/mol. The van der Waals surface area contributed by atoms with Crippen LogP contribution < -0.4 is 5.43 Å². The summed E-state index contributed by atoms with van der Waals surface area (Å²) in [6.07, 6.45) is 2.57.